The number of benzene rings is 1. The molecule has 0 spiro atoms. The lowest BCUT2D eigenvalue weighted by Crippen LogP contribution is -2.31. The first-order valence-electron chi connectivity index (χ1n) is 4.98. The van der Waals surface area contributed by atoms with Crippen LogP contribution in [0.1, 0.15) is 17.3 Å². The normalized spacial score (nSPS) is 9.67. The first kappa shape index (κ1) is 14.2. The van der Waals surface area contributed by atoms with Gasteiger partial charge in [0.05, 0.1) is 17.8 Å². The largest absolute Gasteiger partial charge is 0.478 e. The fourth-order valence-electron chi connectivity index (χ4n) is 1.22. The second kappa shape index (κ2) is 6.15. The molecule has 6 nitrogen and oxygen atoms in total. The van der Waals surface area contributed by atoms with Gasteiger partial charge >= 0.3 is 5.97 Å². The Morgan fingerprint density at radius 1 is 1.33 bits per heavy atom. The highest BCUT2D eigenvalue weighted by Crippen LogP contribution is 2.26. The number of halogens is 1. The number of aromatic carboxylic acids is 1. The van der Waals surface area contributed by atoms with E-state index < -0.39 is 11.9 Å². The van der Waals surface area contributed by atoms with E-state index in [0.29, 0.717) is 4.47 Å². The number of carbonyl (C=O) groups excluding carboxylic acids is 2. The van der Waals surface area contributed by atoms with Crippen molar-refractivity contribution in [2.24, 2.45) is 0 Å². The standard InChI is InChI=1S/C11H11BrN2O4/c1-6(15)13-5-9(16)14-10-7(11(17)18)3-2-4-8(10)12/h2-4H,5H2,1H3,(H,13,15)(H,14,16)(H,17,18). The van der Waals surface area contributed by atoms with Crippen LogP contribution in [0, 0.1) is 0 Å². The van der Waals surface area contributed by atoms with Crippen LogP contribution in [0.15, 0.2) is 22.7 Å². The molecule has 0 fully saturated rings. The summed E-state index contributed by atoms with van der Waals surface area (Å²) in [5, 5.41) is 13.7. The highest BCUT2D eigenvalue weighted by molar-refractivity contribution is 9.10. The third kappa shape index (κ3) is 3.85. The lowest BCUT2D eigenvalue weighted by atomic mass is 10.2. The molecule has 0 atom stereocenters. The van der Waals surface area contributed by atoms with Gasteiger partial charge in [-0.25, -0.2) is 4.79 Å². The summed E-state index contributed by atoms with van der Waals surface area (Å²) in [5.41, 5.74) is 0.140. The second-order valence-corrected chi connectivity index (χ2v) is 4.28. The van der Waals surface area contributed by atoms with E-state index in [9.17, 15) is 14.4 Å². The van der Waals surface area contributed by atoms with Crippen LogP contribution in [-0.2, 0) is 9.59 Å². The molecule has 7 heteroatoms. The summed E-state index contributed by atoms with van der Waals surface area (Å²) in [4.78, 5) is 33.1. The number of carboxylic acids is 1. The minimum Gasteiger partial charge on any atom is -0.478 e. The van der Waals surface area contributed by atoms with Gasteiger partial charge < -0.3 is 15.7 Å². The Bertz CT molecular complexity index is 502. The van der Waals surface area contributed by atoms with Gasteiger partial charge in [0.15, 0.2) is 0 Å². The van der Waals surface area contributed by atoms with Gasteiger partial charge in [0.1, 0.15) is 0 Å². The van der Waals surface area contributed by atoms with Crippen LogP contribution in [0.3, 0.4) is 0 Å². The second-order valence-electron chi connectivity index (χ2n) is 3.43. The van der Waals surface area contributed by atoms with Gasteiger partial charge in [0.25, 0.3) is 0 Å². The summed E-state index contributed by atoms with van der Waals surface area (Å²) in [7, 11) is 0. The number of para-hydroxylation sites is 1. The maximum Gasteiger partial charge on any atom is 0.337 e. The first-order chi connectivity index (χ1) is 8.41. The molecule has 0 aliphatic heterocycles. The van der Waals surface area contributed by atoms with E-state index in [1.54, 1.807) is 12.1 Å². The summed E-state index contributed by atoms with van der Waals surface area (Å²) >= 11 is 3.16. The quantitative estimate of drug-likeness (QED) is 0.778. The van der Waals surface area contributed by atoms with E-state index in [4.69, 9.17) is 5.11 Å². The molecule has 0 radical (unpaired) electrons. The number of carbonyl (C=O) groups is 3. The Morgan fingerprint density at radius 2 is 2.00 bits per heavy atom. The van der Waals surface area contributed by atoms with Crippen molar-refractivity contribution in [1.29, 1.82) is 0 Å². The Hall–Kier alpha value is -1.89. The summed E-state index contributed by atoms with van der Waals surface area (Å²) in [6.45, 7) is 1.07. The van der Waals surface area contributed by atoms with Crippen LogP contribution >= 0.6 is 15.9 Å². The Labute approximate surface area is 112 Å². The molecule has 2 amide bonds. The Morgan fingerprint density at radius 3 is 2.56 bits per heavy atom. The molecular weight excluding hydrogens is 304 g/mol. The molecule has 3 N–H and O–H groups in total. The van der Waals surface area contributed by atoms with Crippen molar-refractivity contribution in [2.45, 2.75) is 6.92 Å². The van der Waals surface area contributed by atoms with Crippen molar-refractivity contribution in [3.05, 3.63) is 28.2 Å². The van der Waals surface area contributed by atoms with Gasteiger partial charge in [-0.05, 0) is 28.1 Å². The summed E-state index contributed by atoms with van der Waals surface area (Å²) in [5.74, 6) is -1.98. The maximum atomic E-state index is 11.5. The zero-order valence-corrected chi connectivity index (χ0v) is 11.1. The van der Waals surface area contributed by atoms with Crippen molar-refractivity contribution in [3.63, 3.8) is 0 Å². The lowest BCUT2D eigenvalue weighted by Gasteiger charge is -2.10. The molecule has 1 aromatic carbocycles. The Balaban J connectivity index is 2.86. The number of hydrogen-bond acceptors (Lipinski definition) is 3. The van der Waals surface area contributed by atoms with Crippen molar-refractivity contribution >= 4 is 39.4 Å². The van der Waals surface area contributed by atoms with Gasteiger partial charge in [-0.3, -0.25) is 9.59 Å². The highest BCUT2D eigenvalue weighted by Gasteiger charge is 2.15. The monoisotopic (exact) mass is 314 g/mol. The number of amides is 2. The molecule has 0 aliphatic carbocycles. The summed E-state index contributed by atoms with van der Waals surface area (Å²) in [6, 6.07) is 4.54. The molecule has 1 aromatic rings. The average molecular weight is 315 g/mol. The van der Waals surface area contributed by atoms with Crippen LogP contribution in [0.4, 0.5) is 5.69 Å². The van der Waals surface area contributed by atoms with Crippen molar-refractivity contribution in [3.8, 4) is 0 Å². The molecule has 1 rings (SSSR count). The van der Waals surface area contributed by atoms with E-state index in [0.717, 1.165) is 0 Å². The van der Waals surface area contributed by atoms with Gasteiger partial charge in [0, 0.05) is 11.4 Å². The molecule has 0 heterocycles. The molecule has 0 bridgehead atoms. The average Bonchev–Trinajstić information content (AvgIpc) is 2.28. The Kier molecular flexibility index (Phi) is 4.85. The van der Waals surface area contributed by atoms with Gasteiger partial charge in [-0.1, -0.05) is 6.07 Å². The summed E-state index contributed by atoms with van der Waals surface area (Å²) < 4.78 is 0.457. The molecule has 0 aromatic heterocycles. The summed E-state index contributed by atoms with van der Waals surface area (Å²) in [6.07, 6.45) is 0. The van der Waals surface area contributed by atoms with Gasteiger partial charge in [-0.2, -0.15) is 0 Å². The van der Waals surface area contributed by atoms with Crippen LogP contribution < -0.4 is 10.6 Å². The molecule has 96 valence electrons. The van der Waals surface area contributed by atoms with E-state index in [1.165, 1.54) is 13.0 Å². The van der Waals surface area contributed by atoms with Crippen LogP contribution in [0.25, 0.3) is 0 Å². The fourth-order valence-corrected chi connectivity index (χ4v) is 1.68. The van der Waals surface area contributed by atoms with Crippen LogP contribution in [0.5, 0.6) is 0 Å². The molecule has 0 saturated heterocycles. The van der Waals surface area contributed by atoms with Crippen molar-refractivity contribution < 1.29 is 19.5 Å². The van der Waals surface area contributed by atoms with Crippen molar-refractivity contribution in [2.75, 3.05) is 11.9 Å². The predicted molar refractivity (Wildman–Crippen MR) is 68.4 cm³/mol. The van der Waals surface area contributed by atoms with Crippen LogP contribution in [0.2, 0.25) is 0 Å². The molecule has 18 heavy (non-hydrogen) atoms. The fraction of sp³-hybridized carbons (Fsp3) is 0.182. The maximum absolute atomic E-state index is 11.5. The third-order valence-electron chi connectivity index (χ3n) is 2.01. The molecule has 0 saturated carbocycles. The molecule has 0 unspecified atom stereocenters. The molecular formula is C11H11BrN2O4. The topological polar surface area (TPSA) is 95.5 Å². The van der Waals surface area contributed by atoms with E-state index in [1.807, 2.05) is 0 Å². The smallest absolute Gasteiger partial charge is 0.337 e. The number of anilines is 1. The number of hydrogen-bond donors (Lipinski definition) is 3. The zero-order chi connectivity index (χ0) is 13.7. The lowest BCUT2D eigenvalue weighted by molar-refractivity contribution is -0.122. The minimum atomic E-state index is -1.15. The third-order valence-corrected chi connectivity index (χ3v) is 2.67. The highest BCUT2D eigenvalue weighted by atomic mass is 79.9. The van der Waals surface area contributed by atoms with Crippen LogP contribution in [-0.4, -0.2) is 29.4 Å². The predicted octanol–water partition coefficient (Wildman–Crippen LogP) is 1.22. The van der Waals surface area contributed by atoms with Crippen molar-refractivity contribution in [1.82, 2.24) is 5.32 Å². The minimum absolute atomic E-state index is 0.0273. The molecule has 0 aliphatic rings. The first-order valence-corrected chi connectivity index (χ1v) is 5.77. The van der Waals surface area contributed by atoms with E-state index in [2.05, 4.69) is 26.6 Å². The number of carboxylic acid groups (broad SMARTS) is 1. The van der Waals surface area contributed by atoms with Gasteiger partial charge in [0.2, 0.25) is 11.8 Å². The van der Waals surface area contributed by atoms with Gasteiger partial charge in [-0.15, -0.1) is 0 Å². The number of rotatable bonds is 4. The SMILES string of the molecule is CC(=O)NCC(=O)Nc1c(Br)cccc1C(=O)O. The zero-order valence-electron chi connectivity index (χ0n) is 9.49. The van der Waals surface area contributed by atoms with E-state index >= 15 is 0 Å². The van der Waals surface area contributed by atoms with E-state index in [-0.39, 0.29) is 23.7 Å². The number of nitrogens with one attached hydrogen (secondary N) is 2.